The minimum absolute atomic E-state index is 0. The highest BCUT2D eigenvalue weighted by Gasteiger charge is 2.28. The molecule has 1 aromatic carbocycles. The first kappa shape index (κ1) is 15.0. The van der Waals surface area contributed by atoms with Crippen LogP contribution in [0.1, 0.15) is 35.7 Å². The Morgan fingerprint density at radius 3 is 2.72 bits per heavy atom. The molecule has 0 aliphatic heterocycles. The molecule has 3 nitrogen and oxygen atoms in total. The van der Waals surface area contributed by atoms with Gasteiger partial charge in [0.25, 0.3) is 5.91 Å². The predicted molar refractivity (Wildman–Crippen MR) is 76.1 cm³/mol. The standard InChI is InChI=1S/C14H20N2O.ClH/c1-2-10-5-3-4-6-12(10)14(17)16-9-13(15)11-7-8-11;/h3-6,11,13H,2,7-9,15H2,1H3,(H,16,17);1H. The highest BCUT2D eigenvalue weighted by molar-refractivity contribution is 5.95. The van der Waals surface area contributed by atoms with E-state index in [2.05, 4.69) is 12.2 Å². The largest absolute Gasteiger partial charge is 0.350 e. The molecule has 0 bridgehead atoms. The molecule has 1 unspecified atom stereocenters. The SMILES string of the molecule is CCc1ccccc1C(=O)NCC(N)C1CC1.Cl. The number of halogens is 1. The summed E-state index contributed by atoms with van der Waals surface area (Å²) in [6, 6.07) is 7.85. The van der Waals surface area contributed by atoms with Crippen LogP contribution in [0.2, 0.25) is 0 Å². The van der Waals surface area contributed by atoms with E-state index in [1.807, 2.05) is 24.3 Å². The number of amides is 1. The number of benzene rings is 1. The Morgan fingerprint density at radius 2 is 2.11 bits per heavy atom. The van der Waals surface area contributed by atoms with Crippen LogP contribution in [-0.2, 0) is 6.42 Å². The summed E-state index contributed by atoms with van der Waals surface area (Å²) in [6.07, 6.45) is 3.30. The second-order valence-electron chi connectivity index (χ2n) is 4.72. The first-order valence-corrected chi connectivity index (χ1v) is 6.34. The van der Waals surface area contributed by atoms with Crippen molar-refractivity contribution in [2.75, 3.05) is 6.54 Å². The van der Waals surface area contributed by atoms with E-state index in [9.17, 15) is 4.79 Å². The molecule has 4 heteroatoms. The zero-order valence-corrected chi connectivity index (χ0v) is 11.5. The molecule has 100 valence electrons. The molecule has 1 saturated carbocycles. The van der Waals surface area contributed by atoms with Crippen molar-refractivity contribution in [2.24, 2.45) is 11.7 Å². The van der Waals surface area contributed by atoms with E-state index in [4.69, 9.17) is 5.73 Å². The van der Waals surface area contributed by atoms with Crippen LogP contribution in [0.5, 0.6) is 0 Å². The highest BCUT2D eigenvalue weighted by Crippen LogP contribution is 2.31. The Bertz CT molecular complexity index is 405. The minimum atomic E-state index is -0.00134. The van der Waals surface area contributed by atoms with Crippen LogP contribution in [0.3, 0.4) is 0 Å². The molecule has 0 aromatic heterocycles. The van der Waals surface area contributed by atoms with Gasteiger partial charge in [0.15, 0.2) is 0 Å². The maximum absolute atomic E-state index is 12.0. The second kappa shape index (κ2) is 6.76. The van der Waals surface area contributed by atoms with Crippen LogP contribution in [0.15, 0.2) is 24.3 Å². The molecule has 0 radical (unpaired) electrons. The van der Waals surface area contributed by atoms with E-state index in [1.54, 1.807) is 0 Å². The quantitative estimate of drug-likeness (QED) is 0.860. The molecule has 1 aliphatic carbocycles. The van der Waals surface area contributed by atoms with Gasteiger partial charge in [-0.3, -0.25) is 4.79 Å². The monoisotopic (exact) mass is 268 g/mol. The van der Waals surface area contributed by atoms with E-state index in [-0.39, 0.29) is 24.4 Å². The summed E-state index contributed by atoms with van der Waals surface area (Å²) >= 11 is 0. The van der Waals surface area contributed by atoms with Crippen molar-refractivity contribution < 1.29 is 4.79 Å². The van der Waals surface area contributed by atoms with Gasteiger partial charge in [0.05, 0.1) is 0 Å². The van der Waals surface area contributed by atoms with Gasteiger partial charge in [0.1, 0.15) is 0 Å². The van der Waals surface area contributed by atoms with Gasteiger partial charge in [-0.25, -0.2) is 0 Å². The molecule has 1 aliphatic rings. The third-order valence-corrected chi connectivity index (χ3v) is 3.37. The summed E-state index contributed by atoms with van der Waals surface area (Å²) in [5.74, 6) is 0.621. The zero-order chi connectivity index (χ0) is 12.3. The van der Waals surface area contributed by atoms with Crippen LogP contribution >= 0.6 is 12.4 Å². The molecular weight excluding hydrogens is 248 g/mol. The summed E-state index contributed by atoms with van der Waals surface area (Å²) in [6.45, 7) is 2.64. The molecule has 2 rings (SSSR count). The smallest absolute Gasteiger partial charge is 0.251 e. The van der Waals surface area contributed by atoms with E-state index in [1.165, 1.54) is 12.8 Å². The summed E-state index contributed by atoms with van der Waals surface area (Å²) in [4.78, 5) is 12.0. The van der Waals surface area contributed by atoms with Gasteiger partial charge in [-0.15, -0.1) is 12.4 Å². The lowest BCUT2D eigenvalue weighted by Crippen LogP contribution is -2.38. The van der Waals surface area contributed by atoms with Crippen molar-refractivity contribution >= 4 is 18.3 Å². The number of aryl methyl sites for hydroxylation is 1. The Labute approximate surface area is 115 Å². The number of rotatable bonds is 5. The van der Waals surface area contributed by atoms with Gasteiger partial charge in [0.2, 0.25) is 0 Å². The number of hydrogen-bond acceptors (Lipinski definition) is 2. The van der Waals surface area contributed by atoms with Gasteiger partial charge < -0.3 is 11.1 Å². The lowest BCUT2D eigenvalue weighted by molar-refractivity contribution is 0.0949. The molecule has 1 amide bonds. The van der Waals surface area contributed by atoms with Gasteiger partial charge in [0, 0.05) is 18.2 Å². The van der Waals surface area contributed by atoms with Crippen molar-refractivity contribution in [2.45, 2.75) is 32.2 Å². The van der Waals surface area contributed by atoms with E-state index in [0.29, 0.717) is 12.5 Å². The Morgan fingerprint density at radius 1 is 1.44 bits per heavy atom. The number of hydrogen-bond donors (Lipinski definition) is 2. The second-order valence-corrected chi connectivity index (χ2v) is 4.72. The molecule has 0 saturated heterocycles. The molecule has 0 spiro atoms. The zero-order valence-electron chi connectivity index (χ0n) is 10.7. The Balaban J connectivity index is 0.00000162. The number of nitrogens with two attached hydrogens (primary N) is 1. The van der Waals surface area contributed by atoms with Crippen molar-refractivity contribution in [3.8, 4) is 0 Å². The third kappa shape index (κ3) is 3.72. The normalized spacial score (nSPS) is 15.7. The lowest BCUT2D eigenvalue weighted by atomic mass is 10.0. The molecule has 18 heavy (non-hydrogen) atoms. The van der Waals surface area contributed by atoms with Gasteiger partial charge in [-0.05, 0) is 36.8 Å². The Kier molecular flexibility index (Phi) is 5.63. The number of carbonyl (C=O) groups excluding carboxylic acids is 1. The molecule has 3 N–H and O–H groups in total. The molecule has 1 aromatic rings. The molecule has 1 atom stereocenters. The van der Waals surface area contributed by atoms with Crippen LogP contribution in [0, 0.1) is 5.92 Å². The minimum Gasteiger partial charge on any atom is -0.350 e. The summed E-state index contributed by atoms with van der Waals surface area (Å²) in [7, 11) is 0. The van der Waals surface area contributed by atoms with Crippen molar-refractivity contribution in [3.05, 3.63) is 35.4 Å². The number of nitrogens with one attached hydrogen (secondary N) is 1. The van der Waals surface area contributed by atoms with Crippen LogP contribution in [0.25, 0.3) is 0 Å². The van der Waals surface area contributed by atoms with E-state index >= 15 is 0 Å². The topological polar surface area (TPSA) is 55.1 Å². The van der Waals surface area contributed by atoms with Crippen molar-refractivity contribution in [1.82, 2.24) is 5.32 Å². The van der Waals surface area contributed by atoms with Gasteiger partial charge in [-0.2, -0.15) is 0 Å². The molecule has 1 fully saturated rings. The summed E-state index contributed by atoms with van der Waals surface area (Å²) < 4.78 is 0. The maximum Gasteiger partial charge on any atom is 0.251 e. The van der Waals surface area contributed by atoms with Crippen molar-refractivity contribution in [3.63, 3.8) is 0 Å². The van der Waals surface area contributed by atoms with Gasteiger partial charge in [-0.1, -0.05) is 25.1 Å². The molecule has 0 heterocycles. The fourth-order valence-corrected chi connectivity index (χ4v) is 2.05. The first-order valence-electron chi connectivity index (χ1n) is 6.34. The lowest BCUT2D eigenvalue weighted by Gasteiger charge is -2.13. The van der Waals surface area contributed by atoms with E-state index < -0.39 is 0 Å². The van der Waals surface area contributed by atoms with Crippen LogP contribution < -0.4 is 11.1 Å². The van der Waals surface area contributed by atoms with Crippen LogP contribution in [-0.4, -0.2) is 18.5 Å². The van der Waals surface area contributed by atoms with Crippen molar-refractivity contribution in [1.29, 1.82) is 0 Å². The fraction of sp³-hybridized carbons (Fsp3) is 0.500. The fourth-order valence-electron chi connectivity index (χ4n) is 2.05. The Hall–Kier alpha value is -1.06. The summed E-state index contributed by atoms with van der Waals surface area (Å²) in [5.41, 5.74) is 7.83. The predicted octanol–water partition coefficient (Wildman–Crippen LogP) is 2.14. The van der Waals surface area contributed by atoms with Crippen LogP contribution in [0.4, 0.5) is 0 Å². The van der Waals surface area contributed by atoms with E-state index in [0.717, 1.165) is 17.5 Å². The highest BCUT2D eigenvalue weighted by atomic mass is 35.5. The first-order chi connectivity index (χ1) is 8.22. The summed E-state index contributed by atoms with van der Waals surface area (Å²) in [5, 5.41) is 2.93. The van der Waals surface area contributed by atoms with Gasteiger partial charge >= 0.3 is 0 Å². The number of carbonyl (C=O) groups is 1. The third-order valence-electron chi connectivity index (χ3n) is 3.37. The molecular formula is C14H21ClN2O. The average molecular weight is 269 g/mol. The maximum atomic E-state index is 12.0. The average Bonchev–Trinajstić information content (AvgIpc) is 3.19.